The van der Waals surface area contributed by atoms with Crippen LogP contribution in [0.4, 0.5) is 4.39 Å². The molecule has 0 amide bonds. The van der Waals surface area contributed by atoms with Crippen molar-refractivity contribution in [3.63, 3.8) is 0 Å². The van der Waals surface area contributed by atoms with Crippen molar-refractivity contribution >= 4 is 22.6 Å². The topological polar surface area (TPSA) is 28.7 Å². The molecule has 0 atom stereocenters. The molecule has 0 saturated carbocycles. The molecule has 0 radical (unpaired) electrons. The van der Waals surface area contributed by atoms with E-state index in [1.54, 1.807) is 24.5 Å². The van der Waals surface area contributed by atoms with Gasteiger partial charge < -0.3 is 4.98 Å². The van der Waals surface area contributed by atoms with Gasteiger partial charge in [0, 0.05) is 18.0 Å². The highest BCUT2D eigenvalue weighted by atomic mass is 35.5. The number of halogens is 2. The lowest BCUT2D eigenvalue weighted by Gasteiger charge is -2.01. The summed E-state index contributed by atoms with van der Waals surface area (Å²) >= 11 is 5.95. The van der Waals surface area contributed by atoms with Crippen molar-refractivity contribution in [2.24, 2.45) is 0 Å². The Balaban J connectivity index is 2.14. The molecule has 2 nitrogen and oxygen atoms in total. The Morgan fingerprint density at radius 2 is 1.88 bits per heavy atom. The van der Waals surface area contributed by atoms with Gasteiger partial charge in [-0.25, -0.2) is 4.39 Å². The fraction of sp³-hybridized carbons (Fsp3) is 0. The Bertz CT molecular complexity index is 673. The van der Waals surface area contributed by atoms with E-state index >= 15 is 0 Å². The van der Waals surface area contributed by atoms with Crippen LogP contribution in [-0.4, -0.2) is 9.97 Å². The third-order valence-electron chi connectivity index (χ3n) is 2.65. The van der Waals surface area contributed by atoms with Crippen LogP contribution in [0.1, 0.15) is 0 Å². The number of hydrogen-bond acceptors (Lipinski definition) is 1. The van der Waals surface area contributed by atoms with E-state index in [4.69, 9.17) is 11.6 Å². The monoisotopic (exact) mass is 246 g/mol. The molecule has 0 bridgehead atoms. The quantitative estimate of drug-likeness (QED) is 0.690. The molecule has 1 aromatic carbocycles. The molecule has 0 fully saturated rings. The smallest absolute Gasteiger partial charge is 0.123 e. The molecule has 2 aromatic heterocycles. The molecule has 17 heavy (non-hydrogen) atoms. The van der Waals surface area contributed by atoms with Crippen LogP contribution in [0.15, 0.2) is 42.7 Å². The maximum Gasteiger partial charge on any atom is 0.123 e. The van der Waals surface area contributed by atoms with Gasteiger partial charge >= 0.3 is 0 Å². The van der Waals surface area contributed by atoms with Crippen LogP contribution in [0, 0.1) is 5.82 Å². The highest BCUT2D eigenvalue weighted by molar-refractivity contribution is 6.35. The minimum Gasteiger partial charge on any atom is -0.358 e. The maximum atomic E-state index is 12.8. The Morgan fingerprint density at radius 3 is 2.65 bits per heavy atom. The highest BCUT2D eigenvalue weighted by Gasteiger charge is 2.05. The van der Waals surface area contributed by atoms with Crippen LogP contribution in [0.3, 0.4) is 0 Å². The first-order valence-electron chi connectivity index (χ1n) is 5.12. The molecule has 3 rings (SSSR count). The number of pyridine rings is 1. The van der Waals surface area contributed by atoms with E-state index in [9.17, 15) is 4.39 Å². The molecular formula is C13H8ClFN2. The van der Waals surface area contributed by atoms with Gasteiger partial charge in [-0.2, -0.15) is 0 Å². The molecule has 0 aliphatic carbocycles. The van der Waals surface area contributed by atoms with Crippen molar-refractivity contribution in [2.75, 3.05) is 0 Å². The molecule has 2 heterocycles. The predicted octanol–water partition coefficient (Wildman–Crippen LogP) is 4.02. The van der Waals surface area contributed by atoms with E-state index in [1.807, 2.05) is 6.07 Å². The minimum atomic E-state index is -0.245. The van der Waals surface area contributed by atoms with E-state index in [0.29, 0.717) is 5.02 Å². The number of rotatable bonds is 1. The molecule has 0 aliphatic heterocycles. The Hall–Kier alpha value is -1.87. The van der Waals surface area contributed by atoms with Crippen LogP contribution in [-0.2, 0) is 0 Å². The van der Waals surface area contributed by atoms with Crippen LogP contribution in [0.2, 0.25) is 5.02 Å². The predicted molar refractivity (Wildman–Crippen MR) is 66.5 cm³/mol. The number of nitrogens with zero attached hydrogens (tertiary/aromatic N) is 1. The van der Waals surface area contributed by atoms with E-state index in [1.165, 1.54) is 12.1 Å². The zero-order valence-electron chi connectivity index (χ0n) is 8.74. The first kappa shape index (κ1) is 10.3. The number of H-pyrrole nitrogens is 1. The molecule has 0 aliphatic rings. The SMILES string of the molecule is Fc1ccc(-c2cnc3c(Cl)c[nH]c3c2)cc1. The first-order chi connectivity index (χ1) is 8.24. The lowest BCUT2D eigenvalue weighted by Crippen LogP contribution is -1.82. The third kappa shape index (κ3) is 1.78. The molecule has 4 heteroatoms. The van der Waals surface area contributed by atoms with Crippen LogP contribution >= 0.6 is 11.6 Å². The average Bonchev–Trinajstić information content (AvgIpc) is 2.72. The second-order valence-electron chi connectivity index (χ2n) is 3.76. The minimum absolute atomic E-state index is 0.245. The number of aromatic amines is 1. The van der Waals surface area contributed by atoms with Crippen molar-refractivity contribution in [3.05, 3.63) is 53.6 Å². The zero-order chi connectivity index (χ0) is 11.8. The van der Waals surface area contributed by atoms with Gasteiger partial charge in [0.05, 0.1) is 10.5 Å². The largest absolute Gasteiger partial charge is 0.358 e. The van der Waals surface area contributed by atoms with Gasteiger partial charge in [0.1, 0.15) is 11.3 Å². The van der Waals surface area contributed by atoms with Gasteiger partial charge in [-0.15, -0.1) is 0 Å². The molecule has 3 aromatic rings. The summed E-state index contributed by atoms with van der Waals surface area (Å²) in [5, 5.41) is 0.602. The van der Waals surface area contributed by atoms with Gasteiger partial charge in [-0.05, 0) is 23.8 Å². The number of nitrogens with one attached hydrogen (secondary N) is 1. The standard InChI is InChI=1S/C13H8ClFN2/c14-11-7-16-12-5-9(6-17-13(11)12)8-1-3-10(15)4-2-8/h1-7,16H. The Kier molecular flexibility index (Phi) is 2.34. The number of hydrogen-bond donors (Lipinski definition) is 1. The summed E-state index contributed by atoms with van der Waals surface area (Å²) in [5.74, 6) is -0.245. The van der Waals surface area contributed by atoms with Crippen molar-refractivity contribution in [1.29, 1.82) is 0 Å². The lowest BCUT2D eigenvalue weighted by molar-refractivity contribution is 0.628. The molecule has 84 valence electrons. The van der Waals surface area contributed by atoms with Crippen molar-refractivity contribution in [1.82, 2.24) is 9.97 Å². The van der Waals surface area contributed by atoms with Crippen molar-refractivity contribution in [3.8, 4) is 11.1 Å². The summed E-state index contributed by atoms with van der Waals surface area (Å²) in [5.41, 5.74) is 3.47. The fourth-order valence-corrected chi connectivity index (χ4v) is 1.98. The molecule has 0 spiro atoms. The van der Waals surface area contributed by atoms with Gasteiger partial charge in [-0.3, -0.25) is 4.98 Å². The van der Waals surface area contributed by atoms with Crippen LogP contribution < -0.4 is 0 Å². The molecule has 0 unspecified atom stereocenters. The first-order valence-corrected chi connectivity index (χ1v) is 5.50. The number of benzene rings is 1. The van der Waals surface area contributed by atoms with Gasteiger partial charge in [-0.1, -0.05) is 23.7 Å². The van der Waals surface area contributed by atoms with Gasteiger partial charge in [0.15, 0.2) is 0 Å². The summed E-state index contributed by atoms with van der Waals surface area (Å²) in [6.07, 6.45) is 3.43. The molecular weight excluding hydrogens is 239 g/mol. The molecule has 1 N–H and O–H groups in total. The van der Waals surface area contributed by atoms with E-state index < -0.39 is 0 Å². The second kappa shape index (κ2) is 3.86. The highest BCUT2D eigenvalue weighted by Crippen LogP contribution is 2.26. The maximum absolute atomic E-state index is 12.8. The number of aromatic nitrogens is 2. The van der Waals surface area contributed by atoms with Gasteiger partial charge in [0.25, 0.3) is 0 Å². The second-order valence-corrected chi connectivity index (χ2v) is 4.17. The summed E-state index contributed by atoms with van der Waals surface area (Å²) < 4.78 is 12.8. The van der Waals surface area contributed by atoms with Gasteiger partial charge in [0.2, 0.25) is 0 Å². The Morgan fingerprint density at radius 1 is 1.12 bits per heavy atom. The van der Waals surface area contributed by atoms with Crippen molar-refractivity contribution in [2.45, 2.75) is 0 Å². The van der Waals surface area contributed by atoms with E-state index in [-0.39, 0.29) is 5.82 Å². The summed E-state index contributed by atoms with van der Waals surface area (Å²) in [6, 6.07) is 8.26. The fourth-order valence-electron chi connectivity index (χ4n) is 1.77. The lowest BCUT2D eigenvalue weighted by atomic mass is 10.1. The third-order valence-corrected chi connectivity index (χ3v) is 2.93. The molecule has 0 saturated heterocycles. The summed E-state index contributed by atoms with van der Waals surface area (Å²) in [6.45, 7) is 0. The van der Waals surface area contributed by atoms with E-state index in [2.05, 4.69) is 9.97 Å². The summed E-state index contributed by atoms with van der Waals surface area (Å²) in [4.78, 5) is 7.32. The van der Waals surface area contributed by atoms with Crippen LogP contribution in [0.5, 0.6) is 0 Å². The number of fused-ring (bicyclic) bond motifs is 1. The average molecular weight is 247 g/mol. The normalized spacial score (nSPS) is 10.9. The van der Waals surface area contributed by atoms with E-state index in [0.717, 1.165) is 22.2 Å². The van der Waals surface area contributed by atoms with Crippen LogP contribution in [0.25, 0.3) is 22.2 Å². The zero-order valence-corrected chi connectivity index (χ0v) is 9.50. The van der Waals surface area contributed by atoms with Crippen molar-refractivity contribution < 1.29 is 4.39 Å². The Labute approximate surface area is 102 Å². The summed E-state index contributed by atoms with van der Waals surface area (Å²) in [7, 11) is 0.